The molecule has 0 saturated heterocycles. The van der Waals surface area contributed by atoms with Crippen molar-refractivity contribution in [2.45, 2.75) is 5.51 Å². The van der Waals surface area contributed by atoms with E-state index in [-0.39, 0.29) is 0 Å². The third kappa shape index (κ3) is 3.19. The molecule has 1 aromatic rings. The fourth-order valence-electron chi connectivity index (χ4n) is 0.571. The lowest BCUT2D eigenvalue weighted by Crippen LogP contribution is -2.28. The minimum Gasteiger partial charge on any atom is -0.355 e. The summed E-state index contributed by atoms with van der Waals surface area (Å²) in [6.45, 7) is 0. The van der Waals surface area contributed by atoms with E-state index in [1.807, 2.05) is 22.6 Å². The van der Waals surface area contributed by atoms with Crippen LogP contribution in [-0.4, -0.2) is 18.9 Å². The Bertz CT molecular complexity index is 442. The van der Waals surface area contributed by atoms with Crippen LogP contribution in [0.15, 0.2) is 18.3 Å². The molecule has 1 aromatic heterocycles. The zero-order valence-electron chi connectivity index (χ0n) is 6.82. The third-order valence-corrected chi connectivity index (χ3v) is 2.77. The summed E-state index contributed by atoms with van der Waals surface area (Å²) in [7, 11) is -5.63. The largest absolute Gasteiger partial charge is 0.534 e. The molecule has 0 aliphatic carbocycles. The molecule has 0 amide bonds. The van der Waals surface area contributed by atoms with E-state index in [1.54, 1.807) is 0 Å². The molecule has 0 spiro atoms. The van der Waals surface area contributed by atoms with Crippen LogP contribution in [0.2, 0.25) is 0 Å². The summed E-state index contributed by atoms with van der Waals surface area (Å²) in [6.07, 6.45) is 1.18. The van der Waals surface area contributed by atoms with E-state index < -0.39 is 21.5 Å². The number of hydrogen-bond donors (Lipinski definition) is 0. The predicted molar refractivity (Wildman–Crippen MR) is 52.6 cm³/mol. The molecule has 0 aromatic carbocycles. The van der Waals surface area contributed by atoms with Crippen LogP contribution in [-0.2, 0) is 10.1 Å². The molecule has 1 rings (SSSR count). The number of hydrogen-bond acceptors (Lipinski definition) is 4. The van der Waals surface area contributed by atoms with E-state index in [1.165, 1.54) is 12.3 Å². The first-order valence-electron chi connectivity index (χ1n) is 3.35. The van der Waals surface area contributed by atoms with Crippen LogP contribution in [0.5, 0.6) is 5.88 Å². The van der Waals surface area contributed by atoms with Crippen molar-refractivity contribution in [1.29, 1.82) is 0 Å². The summed E-state index contributed by atoms with van der Waals surface area (Å²) in [6, 6.07) is 2.40. The topological polar surface area (TPSA) is 56.3 Å². The molecule has 0 saturated carbocycles. The van der Waals surface area contributed by atoms with Gasteiger partial charge in [-0.05, 0) is 28.7 Å². The third-order valence-electron chi connectivity index (χ3n) is 1.18. The summed E-state index contributed by atoms with van der Waals surface area (Å²) < 4.78 is 61.0. The van der Waals surface area contributed by atoms with Crippen molar-refractivity contribution < 1.29 is 25.8 Å². The quantitative estimate of drug-likeness (QED) is 0.463. The molecule has 15 heavy (non-hydrogen) atoms. The fourth-order valence-corrected chi connectivity index (χ4v) is 1.31. The maximum atomic E-state index is 11.9. The Morgan fingerprint density at radius 2 is 1.93 bits per heavy atom. The van der Waals surface area contributed by atoms with Gasteiger partial charge >= 0.3 is 15.6 Å². The highest BCUT2D eigenvalue weighted by atomic mass is 127. The number of rotatable bonds is 2. The number of pyridine rings is 1. The lowest BCUT2D eigenvalue weighted by atomic mass is 10.5. The van der Waals surface area contributed by atoms with Crippen LogP contribution in [0.3, 0.4) is 0 Å². The molecule has 1 heterocycles. The minimum atomic E-state index is -5.63. The van der Waals surface area contributed by atoms with Crippen molar-refractivity contribution in [2.75, 3.05) is 0 Å². The first kappa shape index (κ1) is 12.5. The SMILES string of the molecule is O=S(=O)(Oc1ccc(I)cn1)C(F)(F)F. The first-order valence-corrected chi connectivity index (χ1v) is 5.83. The molecule has 0 radical (unpaired) electrons. The van der Waals surface area contributed by atoms with Gasteiger partial charge in [0, 0.05) is 15.8 Å². The molecule has 0 aliphatic heterocycles. The summed E-state index contributed by atoms with van der Waals surface area (Å²) >= 11 is 1.86. The van der Waals surface area contributed by atoms with Crippen LogP contribution in [0, 0.1) is 3.57 Å². The van der Waals surface area contributed by atoms with Gasteiger partial charge in [0.05, 0.1) is 0 Å². The van der Waals surface area contributed by atoms with Gasteiger partial charge < -0.3 is 4.18 Å². The highest BCUT2D eigenvalue weighted by molar-refractivity contribution is 14.1. The highest BCUT2D eigenvalue weighted by Gasteiger charge is 2.48. The first-order chi connectivity index (χ1) is 6.72. The molecule has 0 aliphatic rings. The Kier molecular flexibility index (Phi) is 3.43. The van der Waals surface area contributed by atoms with Gasteiger partial charge in [-0.25, -0.2) is 4.98 Å². The van der Waals surface area contributed by atoms with Crippen LogP contribution in [0.1, 0.15) is 0 Å². The van der Waals surface area contributed by atoms with Gasteiger partial charge in [0.15, 0.2) is 0 Å². The Hall–Kier alpha value is -0.580. The second kappa shape index (κ2) is 4.12. The standard InChI is InChI=1S/C6H3F3INO3S/c7-6(8,9)15(12,13)14-5-2-1-4(10)3-11-5/h1-3H. The molecule has 0 N–H and O–H groups in total. The predicted octanol–water partition coefficient (Wildman–Crippen LogP) is 1.91. The summed E-state index contributed by atoms with van der Waals surface area (Å²) in [4.78, 5) is 3.37. The summed E-state index contributed by atoms with van der Waals surface area (Å²) in [5, 5.41) is 0. The van der Waals surface area contributed by atoms with Crippen molar-refractivity contribution in [1.82, 2.24) is 4.98 Å². The number of alkyl halides is 3. The van der Waals surface area contributed by atoms with Crippen LogP contribution >= 0.6 is 22.6 Å². The monoisotopic (exact) mass is 353 g/mol. The maximum absolute atomic E-state index is 11.9. The Labute approximate surface area is 96.7 Å². The van der Waals surface area contributed by atoms with E-state index >= 15 is 0 Å². The minimum absolute atomic E-state index is 0.618. The second-order valence-electron chi connectivity index (χ2n) is 2.30. The fraction of sp³-hybridized carbons (Fsp3) is 0.167. The molecule has 9 heteroatoms. The Balaban J connectivity index is 2.93. The molecular weight excluding hydrogens is 350 g/mol. The van der Waals surface area contributed by atoms with Crippen molar-refractivity contribution in [3.8, 4) is 5.88 Å². The van der Waals surface area contributed by atoms with Gasteiger partial charge in [0.25, 0.3) is 0 Å². The molecule has 0 atom stereocenters. The van der Waals surface area contributed by atoms with E-state index in [4.69, 9.17) is 0 Å². The molecule has 0 unspecified atom stereocenters. The average molecular weight is 353 g/mol. The zero-order valence-corrected chi connectivity index (χ0v) is 9.80. The number of aromatic nitrogens is 1. The lowest BCUT2D eigenvalue weighted by molar-refractivity contribution is -0.0501. The van der Waals surface area contributed by atoms with Crippen molar-refractivity contribution in [3.63, 3.8) is 0 Å². The molecule has 4 nitrogen and oxygen atoms in total. The van der Waals surface area contributed by atoms with Crippen molar-refractivity contribution in [2.24, 2.45) is 0 Å². The molecule has 0 fully saturated rings. The number of halogens is 4. The van der Waals surface area contributed by atoms with Crippen LogP contribution in [0.25, 0.3) is 0 Å². The van der Waals surface area contributed by atoms with Gasteiger partial charge in [0.1, 0.15) is 0 Å². The van der Waals surface area contributed by atoms with Gasteiger partial charge in [-0.15, -0.1) is 0 Å². The van der Waals surface area contributed by atoms with E-state index in [9.17, 15) is 21.6 Å². The van der Waals surface area contributed by atoms with Crippen LogP contribution in [0.4, 0.5) is 13.2 Å². The molecular formula is C6H3F3INO3S. The normalized spacial score (nSPS) is 12.5. The maximum Gasteiger partial charge on any atom is 0.534 e. The van der Waals surface area contributed by atoms with E-state index in [0.717, 1.165) is 6.07 Å². The van der Waals surface area contributed by atoms with Crippen molar-refractivity contribution >= 4 is 32.7 Å². The van der Waals surface area contributed by atoms with Gasteiger partial charge in [-0.3, -0.25) is 0 Å². The lowest BCUT2D eigenvalue weighted by Gasteiger charge is -2.07. The van der Waals surface area contributed by atoms with Gasteiger partial charge in [-0.1, -0.05) is 0 Å². The van der Waals surface area contributed by atoms with E-state index in [2.05, 4.69) is 9.17 Å². The summed E-state index contributed by atoms with van der Waals surface area (Å²) in [5.74, 6) is -0.618. The van der Waals surface area contributed by atoms with Gasteiger partial charge in [-0.2, -0.15) is 21.6 Å². The van der Waals surface area contributed by atoms with Gasteiger partial charge in [0.2, 0.25) is 5.88 Å². The smallest absolute Gasteiger partial charge is 0.355 e. The molecule has 0 bridgehead atoms. The Morgan fingerprint density at radius 1 is 1.33 bits per heavy atom. The second-order valence-corrected chi connectivity index (χ2v) is 5.08. The van der Waals surface area contributed by atoms with Crippen LogP contribution < -0.4 is 4.18 Å². The Morgan fingerprint density at radius 3 is 2.33 bits per heavy atom. The molecule has 84 valence electrons. The van der Waals surface area contributed by atoms with E-state index in [0.29, 0.717) is 3.57 Å². The number of nitrogens with zero attached hydrogens (tertiary/aromatic N) is 1. The zero-order chi connectivity index (χ0) is 11.7. The van der Waals surface area contributed by atoms with Crippen molar-refractivity contribution in [3.05, 3.63) is 21.9 Å². The highest BCUT2D eigenvalue weighted by Crippen LogP contribution is 2.25. The summed E-state index contributed by atoms with van der Waals surface area (Å²) in [5.41, 5.74) is -5.45. The average Bonchev–Trinajstić information content (AvgIpc) is 2.06.